The normalized spacial score (nSPS) is 28.0. The second-order valence-electron chi connectivity index (χ2n) is 6.84. The van der Waals surface area contributed by atoms with Crippen molar-refractivity contribution in [3.05, 3.63) is 48.3 Å². The van der Waals surface area contributed by atoms with E-state index in [1.54, 1.807) is 12.4 Å². The summed E-state index contributed by atoms with van der Waals surface area (Å²) in [5.74, 6) is 1.71. The molecule has 1 heterocycles. The number of amides is 1. The molecule has 2 fully saturated rings. The molecule has 2 saturated carbocycles. The lowest BCUT2D eigenvalue weighted by Crippen LogP contribution is -2.45. The fourth-order valence-electron chi connectivity index (χ4n) is 4.31. The summed E-state index contributed by atoms with van der Waals surface area (Å²) in [6, 6.07) is 9.77. The maximum absolute atomic E-state index is 12.5. The van der Waals surface area contributed by atoms with Gasteiger partial charge < -0.3 is 10.4 Å². The number of aliphatic hydroxyl groups is 1. The van der Waals surface area contributed by atoms with E-state index in [0.717, 1.165) is 18.4 Å². The summed E-state index contributed by atoms with van der Waals surface area (Å²) in [5, 5.41) is 12.7. The Bertz CT molecular complexity index is 717. The summed E-state index contributed by atoms with van der Waals surface area (Å²) in [7, 11) is 0. The number of benzene rings is 1. The molecule has 1 aromatic carbocycles. The second-order valence-corrected chi connectivity index (χ2v) is 6.84. The molecule has 4 atom stereocenters. The minimum atomic E-state index is -0.148. The van der Waals surface area contributed by atoms with Gasteiger partial charge in [0.1, 0.15) is 0 Å². The molecule has 1 amide bonds. The summed E-state index contributed by atoms with van der Waals surface area (Å²) in [6.07, 6.45) is 6.60. The molecule has 2 N–H and O–H groups in total. The van der Waals surface area contributed by atoms with E-state index in [1.807, 2.05) is 30.3 Å². The van der Waals surface area contributed by atoms with E-state index < -0.39 is 0 Å². The molecule has 0 spiro atoms. The van der Waals surface area contributed by atoms with Gasteiger partial charge in [-0.15, -0.1) is 0 Å². The Morgan fingerprint density at radius 2 is 1.83 bits per heavy atom. The molecule has 4 unspecified atom stereocenters. The van der Waals surface area contributed by atoms with E-state index in [4.69, 9.17) is 0 Å². The number of aromatic nitrogens is 2. The molecule has 2 aliphatic rings. The molecule has 2 aliphatic carbocycles. The fourth-order valence-corrected chi connectivity index (χ4v) is 4.31. The van der Waals surface area contributed by atoms with Gasteiger partial charge in [0.05, 0.1) is 5.56 Å². The van der Waals surface area contributed by atoms with Gasteiger partial charge in [0, 0.05) is 36.5 Å². The highest BCUT2D eigenvalue weighted by Gasteiger charge is 2.47. The Labute approximate surface area is 141 Å². The zero-order valence-electron chi connectivity index (χ0n) is 13.4. The van der Waals surface area contributed by atoms with E-state index in [1.165, 1.54) is 6.42 Å². The third-order valence-electron chi connectivity index (χ3n) is 5.54. The molecule has 124 valence electrons. The maximum atomic E-state index is 12.5. The van der Waals surface area contributed by atoms with Crippen LogP contribution in [0.5, 0.6) is 0 Å². The number of nitrogens with zero attached hydrogens (tertiary/aromatic N) is 2. The third kappa shape index (κ3) is 2.69. The third-order valence-corrected chi connectivity index (χ3v) is 5.54. The van der Waals surface area contributed by atoms with Crippen molar-refractivity contribution in [2.45, 2.75) is 25.3 Å². The van der Waals surface area contributed by atoms with E-state index in [-0.39, 0.29) is 24.5 Å². The molecule has 5 heteroatoms. The molecule has 0 aliphatic heterocycles. The summed E-state index contributed by atoms with van der Waals surface area (Å²) in [5.41, 5.74) is 1.40. The van der Waals surface area contributed by atoms with E-state index in [9.17, 15) is 9.90 Å². The first-order valence-corrected chi connectivity index (χ1v) is 8.55. The van der Waals surface area contributed by atoms with Crippen molar-refractivity contribution in [2.75, 3.05) is 6.61 Å². The van der Waals surface area contributed by atoms with Crippen LogP contribution in [-0.4, -0.2) is 33.6 Å². The zero-order chi connectivity index (χ0) is 16.5. The molecule has 2 aromatic rings. The standard InChI is InChI=1S/C19H21N3O2/c23-11-16-13-6-7-14(8-13)17(16)22-19(24)15-9-20-18(21-10-15)12-4-2-1-3-5-12/h1-5,9-10,13-14,16-17,23H,6-8,11H2,(H,22,24). The van der Waals surface area contributed by atoms with E-state index in [0.29, 0.717) is 23.2 Å². The van der Waals surface area contributed by atoms with Gasteiger partial charge >= 0.3 is 0 Å². The first-order chi connectivity index (χ1) is 11.8. The molecule has 4 rings (SSSR count). The highest BCUT2D eigenvalue weighted by Crippen LogP contribution is 2.48. The second kappa shape index (κ2) is 6.32. The molecule has 5 nitrogen and oxygen atoms in total. The topological polar surface area (TPSA) is 75.1 Å². The van der Waals surface area contributed by atoms with Crippen LogP contribution in [0.25, 0.3) is 11.4 Å². The number of hydrogen-bond acceptors (Lipinski definition) is 4. The van der Waals surface area contributed by atoms with Crippen molar-refractivity contribution in [3.63, 3.8) is 0 Å². The lowest BCUT2D eigenvalue weighted by atomic mass is 9.85. The lowest BCUT2D eigenvalue weighted by molar-refractivity contribution is 0.0861. The Kier molecular flexibility index (Phi) is 4.02. The van der Waals surface area contributed by atoms with Gasteiger partial charge in [-0.25, -0.2) is 9.97 Å². The molecular formula is C19H21N3O2. The number of carbonyl (C=O) groups excluding carboxylic acids is 1. The highest BCUT2D eigenvalue weighted by atomic mass is 16.3. The Morgan fingerprint density at radius 1 is 1.12 bits per heavy atom. The first-order valence-electron chi connectivity index (χ1n) is 8.55. The summed E-state index contributed by atoms with van der Waals surface area (Å²) < 4.78 is 0. The number of aliphatic hydroxyl groups excluding tert-OH is 1. The predicted octanol–water partition coefficient (Wildman–Crippen LogP) is 2.28. The minimum absolute atomic E-state index is 0.0787. The Hall–Kier alpha value is -2.27. The largest absolute Gasteiger partial charge is 0.396 e. The van der Waals surface area contributed by atoms with Gasteiger partial charge in [0.2, 0.25) is 0 Å². The van der Waals surface area contributed by atoms with Crippen LogP contribution < -0.4 is 5.32 Å². The van der Waals surface area contributed by atoms with Crippen LogP contribution in [0.3, 0.4) is 0 Å². The van der Waals surface area contributed by atoms with Crippen molar-refractivity contribution >= 4 is 5.91 Å². The molecule has 0 radical (unpaired) electrons. The molecule has 2 bridgehead atoms. The van der Waals surface area contributed by atoms with Crippen LogP contribution in [0, 0.1) is 17.8 Å². The van der Waals surface area contributed by atoms with Gasteiger partial charge in [-0.1, -0.05) is 30.3 Å². The van der Waals surface area contributed by atoms with Crippen molar-refractivity contribution in [3.8, 4) is 11.4 Å². The number of nitrogens with one attached hydrogen (secondary N) is 1. The van der Waals surface area contributed by atoms with Crippen molar-refractivity contribution < 1.29 is 9.90 Å². The Balaban J connectivity index is 1.47. The van der Waals surface area contributed by atoms with Crippen LogP contribution in [-0.2, 0) is 0 Å². The van der Waals surface area contributed by atoms with E-state index in [2.05, 4.69) is 15.3 Å². The average Bonchev–Trinajstić information content (AvgIpc) is 3.24. The summed E-state index contributed by atoms with van der Waals surface area (Å²) in [4.78, 5) is 21.1. The maximum Gasteiger partial charge on any atom is 0.254 e. The Morgan fingerprint density at radius 3 is 2.54 bits per heavy atom. The SMILES string of the molecule is O=C(NC1C2CCC(C2)C1CO)c1cnc(-c2ccccc2)nc1. The van der Waals surface area contributed by atoms with Gasteiger partial charge in [-0.2, -0.15) is 0 Å². The quantitative estimate of drug-likeness (QED) is 0.905. The van der Waals surface area contributed by atoms with Crippen LogP contribution in [0.1, 0.15) is 29.6 Å². The summed E-state index contributed by atoms with van der Waals surface area (Å²) in [6.45, 7) is 0.148. The van der Waals surface area contributed by atoms with Gasteiger partial charge in [0.15, 0.2) is 5.82 Å². The molecular weight excluding hydrogens is 302 g/mol. The molecule has 1 aromatic heterocycles. The minimum Gasteiger partial charge on any atom is -0.396 e. The van der Waals surface area contributed by atoms with E-state index >= 15 is 0 Å². The first kappa shape index (κ1) is 15.3. The van der Waals surface area contributed by atoms with Crippen LogP contribution in [0.4, 0.5) is 0 Å². The van der Waals surface area contributed by atoms with Gasteiger partial charge in [0.25, 0.3) is 5.91 Å². The van der Waals surface area contributed by atoms with Crippen molar-refractivity contribution in [1.29, 1.82) is 0 Å². The monoisotopic (exact) mass is 323 g/mol. The van der Waals surface area contributed by atoms with Crippen LogP contribution in [0.15, 0.2) is 42.7 Å². The lowest BCUT2D eigenvalue weighted by Gasteiger charge is -2.30. The highest BCUT2D eigenvalue weighted by molar-refractivity contribution is 5.94. The number of carbonyl (C=O) groups is 1. The number of hydrogen-bond donors (Lipinski definition) is 2. The van der Waals surface area contributed by atoms with Gasteiger partial charge in [-0.3, -0.25) is 4.79 Å². The molecule has 24 heavy (non-hydrogen) atoms. The average molecular weight is 323 g/mol. The van der Waals surface area contributed by atoms with Crippen LogP contribution >= 0.6 is 0 Å². The number of fused-ring (bicyclic) bond motifs is 2. The van der Waals surface area contributed by atoms with Crippen molar-refractivity contribution in [1.82, 2.24) is 15.3 Å². The summed E-state index contributed by atoms with van der Waals surface area (Å²) >= 11 is 0. The van der Waals surface area contributed by atoms with Crippen molar-refractivity contribution in [2.24, 2.45) is 17.8 Å². The fraction of sp³-hybridized carbons (Fsp3) is 0.421. The molecule has 0 saturated heterocycles. The predicted molar refractivity (Wildman–Crippen MR) is 90.1 cm³/mol. The number of rotatable bonds is 4. The van der Waals surface area contributed by atoms with Gasteiger partial charge in [-0.05, 0) is 31.1 Å². The van der Waals surface area contributed by atoms with Crippen LogP contribution in [0.2, 0.25) is 0 Å². The smallest absolute Gasteiger partial charge is 0.254 e. The zero-order valence-corrected chi connectivity index (χ0v) is 13.4.